The van der Waals surface area contributed by atoms with Crippen LogP contribution in [0.25, 0.3) is 0 Å². The number of para-hydroxylation sites is 1. The summed E-state index contributed by atoms with van der Waals surface area (Å²) in [6, 6.07) is 18.9. The van der Waals surface area contributed by atoms with Gasteiger partial charge in [0.25, 0.3) is 0 Å². The summed E-state index contributed by atoms with van der Waals surface area (Å²) in [6.45, 7) is 3.59. The van der Waals surface area contributed by atoms with E-state index in [2.05, 4.69) is 70.2 Å². The molecule has 0 atom stereocenters. The lowest BCUT2D eigenvalue weighted by molar-refractivity contribution is 0.558. The van der Waals surface area contributed by atoms with Gasteiger partial charge in [0.15, 0.2) is 5.82 Å². The van der Waals surface area contributed by atoms with Gasteiger partial charge in [-0.3, -0.25) is 0 Å². The molecular weight excluding hydrogens is 286 g/mol. The van der Waals surface area contributed by atoms with E-state index < -0.39 is 0 Å². The molecule has 0 bridgehead atoms. The average Bonchev–Trinajstić information content (AvgIpc) is 3.03. The van der Waals surface area contributed by atoms with Crippen LogP contribution in [0.15, 0.2) is 54.6 Å². The Morgan fingerprint density at radius 3 is 2.61 bits per heavy atom. The van der Waals surface area contributed by atoms with Crippen molar-refractivity contribution in [3.8, 4) is 0 Å². The molecule has 0 aliphatic carbocycles. The number of nitrogens with one attached hydrogen (secondary N) is 1. The minimum absolute atomic E-state index is 0.624. The Balaban J connectivity index is 1.72. The number of benzene rings is 2. The lowest BCUT2D eigenvalue weighted by Gasteiger charge is -2.12. The van der Waals surface area contributed by atoms with Gasteiger partial charge in [0.1, 0.15) is 0 Å². The van der Waals surface area contributed by atoms with Crippen molar-refractivity contribution in [1.82, 2.24) is 20.2 Å². The lowest BCUT2D eigenvalue weighted by Crippen LogP contribution is -2.11. The van der Waals surface area contributed by atoms with Crippen LogP contribution in [0.4, 0.5) is 5.69 Å². The molecule has 118 valence electrons. The summed E-state index contributed by atoms with van der Waals surface area (Å²) >= 11 is 0. The fourth-order valence-electron chi connectivity index (χ4n) is 2.57. The summed E-state index contributed by atoms with van der Waals surface area (Å²) in [6.07, 6.45) is 1.92. The highest BCUT2D eigenvalue weighted by molar-refractivity contribution is 5.52. The number of hydrogen-bond acceptors (Lipinski definition) is 4. The second-order valence-corrected chi connectivity index (χ2v) is 5.49. The summed E-state index contributed by atoms with van der Waals surface area (Å²) in [7, 11) is 0. The molecule has 1 heterocycles. The van der Waals surface area contributed by atoms with E-state index in [1.165, 1.54) is 11.1 Å². The third-order valence-electron chi connectivity index (χ3n) is 3.73. The second kappa shape index (κ2) is 7.54. The predicted octanol–water partition coefficient (Wildman–Crippen LogP) is 3.29. The lowest BCUT2D eigenvalue weighted by atomic mass is 10.0. The van der Waals surface area contributed by atoms with Crippen LogP contribution in [-0.4, -0.2) is 20.2 Å². The van der Waals surface area contributed by atoms with Crippen LogP contribution >= 0.6 is 0 Å². The molecule has 5 nitrogen and oxygen atoms in total. The number of anilines is 1. The fourth-order valence-corrected chi connectivity index (χ4v) is 2.57. The van der Waals surface area contributed by atoms with Gasteiger partial charge in [-0.05, 0) is 40.5 Å². The molecule has 3 aromatic rings. The maximum absolute atomic E-state index is 4.10. The Morgan fingerprint density at radius 2 is 1.78 bits per heavy atom. The normalized spacial score (nSPS) is 10.7. The number of rotatable bonds is 7. The number of aryl methyl sites for hydroxylation is 1. The fraction of sp³-hybridized carbons (Fsp3) is 0.278. The highest BCUT2D eigenvalue weighted by Crippen LogP contribution is 2.19. The summed E-state index contributed by atoms with van der Waals surface area (Å²) in [5, 5.41) is 15.4. The quantitative estimate of drug-likeness (QED) is 0.728. The van der Waals surface area contributed by atoms with Gasteiger partial charge in [-0.1, -0.05) is 55.5 Å². The van der Waals surface area contributed by atoms with Crippen molar-refractivity contribution in [2.45, 2.75) is 32.9 Å². The van der Waals surface area contributed by atoms with Crippen LogP contribution in [0, 0.1) is 0 Å². The minimum Gasteiger partial charge on any atom is -0.377 e. The zero-order chi connectivity index (χ0) is 15.9. The third kappa shape index (κ3) is 3.94. The summed E-state index contributed by atoms with van der Waals surface area (Å²) in [5.74, 6) is 0.862. The topological polar surface area (TPSA) is 55.6 Å². The van der Waals surface area contributed by atoms with E-state index in [4.69, 9.17) is 0 Å². The first-order valence-electron chi connectivity index (χ1n) is 7.97. The number of hydrogen-bond donors (Lipinski definition) is 1. The monoisotopic (exact) mass is 307 g/mol. The van der Waals surface area contributed by atoms with E-state index in [9.17, 15) is 0 Å². The standard InChI is InChI=1S/C18H21N5/c1-2-12-23-18(20-21-22-23)14-19-17-11-7-6-10-16(17)13-15-8-4-3-5-9-15/h3-11,19H,2,12-14H2,1H3. The van der Waals surface area contributed by atoms with Gasteiger partial charge in [0.2, 0.25) is 0 Å². The van der Waals surface area contributed by atoms with Crippen molar-refractivity contribution < 1.29 is 0 Å². The smallest absolute Gasteiger partial charge is 0.170 e. The molecule has 0 saturated heterocycles. The summed E-state index contributed by atoms with van der Waals surface area (Å²) in [5.41, 5.74) is 3.70. The van der Waals surface area contributed by atoms with Crippen LogP contribution in [0.3, 0.4) is 0 Å². The molecule has 0 amide bonds. The molecule has 1 N–H and O–H groups in total. The van der Waals surface area contributed by atoms with Crippen LogP contribution < -0.4 is 5.32 Å². The average molecular weight is 307 g/mol. The van der Waals surface area contributed by atoms with Crippen LogP contribution in [0.2, 0.25) is 0 Å². The van der Waals surface area contributed by atoms with Gasteiger partial charge in [0, 0.05) is 12.2 Å². The SMILES string of the molecule is CCCn1nnnc1CNc1ccccc1Cc1ccccc1. The van der Waals surface area contributed by atoms with Crippen molar-refractivity contribution in [1.29, 1.82) is 0 Å². The Kier molecular flexibility index (Phi) is 4.99. The van der Waals surface area contributed by atoms with Gasteiger partial charge in [-0.25, -0.2) is 4.68 Å². The van der Waals surface area contributed by atoms with E-state index in [1.807, 2.05) is 16.8 Å². The minimum atomic E-state index is 0.624. The molecule has 0 aliphatic rings. The maximum atomic E-state index is 4.10. The van der Waals surface area contributed by atoms with Gasteiger partial charge in [-0.15, -0.1) is 5.10 Å². The Labute approximate surface area is 136 Å². The maximum Gasteiger partial charge on any atom is 0.170 e. The van der Waals surface area contributed by atoms with Gasteiger partial charge in [0.05, 0.1) is 6.54 Å². The first-order chi connectivity index (χ1) is 11.4. The molecule has 0 radical (unpaired) electrons. The van der Waals surface area contributed by atoms with Crippen molar-refractivity contribution in [3.63, 3.8) is 0 Å². The van der Waals surface area contributed by atoms with E-state index in [0.717, 1.165) is 30.9 Å². The molecule has 0 aliphatic heterocycles. The van der Waals surface area contributed by atoms with Gasteiger partial charge < -0.3 is 5.32 Å². The summed E-state index contributed by atoms with van der Waals surface area (Å²) < 4.78 is 1.85. The van der Waals surface area contributed by atoms with Gasteiger partial charge >= 0.3 is 0 Å². The largest absolute Gasteiger partial charge is 0.377 e. The van der Waals surface area contributed by atoms with E-state index in [-0.39, 0.29) is 0 Å². The van der Waals surface area contributed by atoms with Crippen molar-refractivity contribution in [2.75, 3.05) is 5.32 Å². The molecule has 5 heteroatoms. The van der Waals surface area contributed by atoms with E-state index >= 15 is 0 Å². The third-order valence-corrected chi connectivity index (χ3v) is 3.73. The number of tetrazole rings is 1. The molecule has 0 spiro atoms. The van der Waals surface area contributed by atoms with Crippen molar-refractivity contribution in [3.05, 3.63) is 71.5 Å². The zero-order valence-corrected chi connectivity index (χ0v) is 13.3. The molecule has 0 saturated carbocycles. The molecule has 0 unspecified atom stereocenters. The Hall–Kier alpha value is -2.69. The van der Waals surface area contributed by atoms with Gasteiger partial charge in [-0.2, -0.15) is 0 Å². The molecule has 3 rings (SSSR count). The molecule has 1 aromatic heterocycles. The second-order valence-electron chi connectivity index (χ2n) is 5.49. The first kappa shape index (κ1) is 15.2. The molecular formula is C18H21N5. The van der Waals surface area contributed by atoms with E-state index in [0.29, 0.717) is 6.54 Å². The molecule has 0 fully saturated rings. The Morgan fingerprint density at radius 1 is 1.00 bits per heavy atom. The predicted molar refractivity (Wildman–Crippen MR) is 91.1 cm³/mol. The van der Waals surface area contributed by atoms with Crippen LogP contribution in [0.5, 0.6) is 0 Å². The van der Waals surface area contributed by atoms with Crippen LogP contribution in [0.1, 0.15) is 30.3 Å². The molecule has 2 aromatic carbocycles. The first-order valence-corrected chi connectivity index (χ1v) is 7.97. The van der Waals surface area contributed by atoms with Crippen LogP contribution in [-0.2, 0) is 19.5 Å². The van der Waals surface area contributed by atoms with Crippen molar-refractivity contribution >= 4 is 5.69 Å². The number of nitrogens with zero attached hydrogens (tertiary/aromatic N) is 4. The summed E-state index contributed by atoms with van der Waals surface area (Å²) in [4.78, 5) is 0. The molecule has 23 heavy (non-hydrogen) atoms. The highest BCUT2D eigenvalue weighted by atomic mass is 15.5. The Bertz CT molecular complexity index is 736. The number of aromatic nitrogens is 4. The zero-order valence-electron chi connectivity index (χ0n) is 13.3. The highest BCUT2D eigenvalue weighted by Gasteiger charge is 2.07. The van der Waals surface area contributed by atoms with Crippen molar-refractivity contribution in [2.24, 2.45) is 0 Å². The van der Waals surface area contributed by atoms with E-state index in [1.54, 1.807) is 0 Å².